The number of nitrogens with zero attached hydrogens (tertiary/aromatic N) is 1. The van der Waals surface area contributed by atoms with E-state index in [4.69, 9.17) is 4.98 Å². The predicted octanol–water partition coefficient (Wildman–Crippen LogP) is 3.80. The Morgan fingerprint density at radius 2 is 2.26 bits per heavy atom. The minimum absolute atomic E-state index is 0.352. The zero-order chi connectivity index (χ0) is 13.1. The largest absolute Gasteiger partial charge is 0.307 e. The van der Waals surface area contributed by atoms with Crippen LogP contribution in [-0.2, 0) is 0 Å². The molecule has 102 valence electrons. The van der Waals surface area contributed by atoms with Crippen molar-refractivity contribution in [3.8, 4) is 0 Å². The zero-order valence-electron chi connectivity index (χ0n) is 11.0. The molecule has 0 aliphatic carbocycles. The van der Waals surface area contributed by atoms with E-state index in [9.17, 15) is 0 Å². The molecule has 1 aliphatic heterocycles. The van der Waals surface area contributed by atoms with Crippen molar-refractivity contribution in [2.24, 2.45) is 0 Å². The number of fused-ring (bicyclic) bond motifs is 1. The van der Waals surface area contributed by atoms with Gasteiger partial charge >= 0.3 is 0 Å². The predicted molar refractivity (Wildman–Crippen MR) is 89.6 cm³/mol. The first kappa shape index (κ1) is 13.7. The van der Waals surface area contributed by atoms with E-state index in [2.05, 4.69) is 60.0 Å². The number of nitrogens with one attached hydrogen (secondary N) is 1. The minimum Gasteiger partial charge on any atom is -0.307 e. The maximum Gasteiger partial charge on any atom is 0.111 e. The van der Waals surface area contributed by atoms with E-state index in [1.807, 2.05) is 0 Å². The van der Waals surface area contributed by atoms with Crippen molar-refractivity contribution >= 4 is 45.1 Å². The van der Waals surface area contributed by atoms with Gasteiger partial charge in [-0.3, -0.25) is 0 Å². The molecule has 0 bridgehead atoms. The van der Waals surface area contributed by atoms with Gasteiger partial charge in [-0.2, -0.15) is 23.5 Å². The number of para-hydroxylation sites is 1. The maximum atomic E-state index is 4.72. The van der Waals surface area contributed by atoms with Crippen LogP contribution in [0.3, 0.4) is 0 Å². The summed E-state index contributed by atoms with van der Waals surface area (Å²) in [5.41, 5.74) is 1.12. The molecular formula is C14H18N2S3. The standard InChI is InChI=1S/C14H18N2S3/c1-10(15-8-11-9-17-6-7-18-11)14-16-12-4-2-3-5-13(12)19-14/h2-5,10-11,15H,6-9H2,1H3. The summed E-state index contributed by atoms with van der Waals surface area (Å²) in [5, 5.41) is 5.61. The number of benzene rings is 1. The second-order valence-corrected chi connectivity index (χ2v) is 8.34. The first-order valence-corrected chi connectivity index (χ1v) is 9.63. The molecular weight excluding hydrogens is 292 g/mol. The van der Waals surface area contributed by atoms with Crippen molar-refractivity contribution in [3.05, 3.63) is 29.3 Å². The monoisotopic (exact) mass is 310 g/mol. The van der Waals surface area contributed by atoms with Crippen molar-refractivity contribution in [1.82, 2.24) is 10.3 Å². The molecule has 2 heterocycles. The van der Waals surface area contributed by atoms with Crippen molar-refractivity contribution in [3.63, 3.8) is 0 Å². The van der Waals surface area contributed by atoms with Crippen LogP contribution in [0.1, 0.15) is 18.0 Å². The zero-order valence-corrected chi connectivity index (χ0v) is 13.4. The number of rotatable bonds is 4. The summed E-state index contributed by atoms with van der Waals surface area (Å²) in [6.45, 7) is 3.31. The van der Waals surface area contributed by atoms with Crippen molar-refractivity contribution in [2.45, 2.75) is 18.2 Å². The fraction of sp³-hybridized carbons (Fsp3) is 0.500. The summed E-state index contributed by atoms with van der Waals surface area (Å²) >= 11 is 5.99. The quantitative estimate of drug-likeness (QED) is 0.928. The molecule has 1 aliphatic rings. The van der Waals surface area contributed by atoms with Gasteiger partial charge in [0.05, 0.1) is 16.3 Å². The summed E-state index contributed by atoms with van der Waals surface area (Å²) in [7, 11) is 0. The third kappa shape index (κ3) is 3.45. The van der Waals surface area contributed by atoms with E-state index < -0.39 is 0 Å². The number of hydrogen-bond donors (Lipinski definition) is 1. The van der Waals surface area contributed by atoms with Gasteiger partial charge in [0, 0.05) is 29.1 Å². The Balaban J connectivity index is 1.61. The number of hydrogen-bond acceptors (Lipinski definition) is 5. The minimum atomic E-state index is 0.352. The lowest BCUT2D eigenvalue weighted by molar-refractivity contribution is 0.575. The first-order valence-electron chi connectivity index (χ1n) is 6.61. The Morgan fingerprint density at radius 3 is 3.05 bits per heavy atom. The van der Waals surface area contributed by atoms with Gasteiger partial charge in [0.2, 0.25) is 0 Å². The van der Waals surface area contributed by atoms with Crippen LogP contribution in [0.15, 0.2) is 24.3 Å². The average Bonchev–Trinajstić information content (AvgIpc) is 2.90. The van der Waals surface area contributed by atoms with Gasteiger partial charge in [0.15, 0.2) is 0 Å². The Bertz CT molecular complexity index is 501. The Labute approximate surface area is 126 Å². The lowest BCUT2D eigenvalue weighted by atomic mass is 10.3. The molecule has 3 rings (SSSR count). The molecule has 1 saturated heterocycles. The van der Waals surface area contributed by atoms with Crippen LogP contribution in [-0.4, -0.2) is 34.0 Å². The highest BCUT2D eigenvalue weighted by Gasteiger charge is 2.17. The van der Waals surface area contributed by atoms with Gasteiger partial charge in [-0.05, 0) is 19.1 Å². The van der Waals surface area contributed by atoms with Gasteiger partial charge in [-0.15, -0.1) is 11.3 Å². The Morgan fingerprint density at radius 1 is 1.37 bits per heavy atom. The topological polar surface area (TPSA) is 24.9 Å². The van der Waals surface area contributed by atoms with Gasteiger partial charge < -0.3 is 5.32 Å². The highest BCUT2D eigenvalue weighted by atomic mass is 32.2. The van der Waals surface area contributed by atoms with E-state index in [0.29, 0.717) is 6.04 Å². The molecule has 1 N–H and O–H groups in total. The average molecular weight is 311 g/mol. The molecule has 1 fully saturated rings. The van der Waals surface area contributed by atoms with Crippen LogP contribution in [0.5, 0.6) is 0 Å². The van der Waals surface area contributed by atoms with E-state index in [-0.39, 0.29) is 0 Å². The Hall–Kier alpha value is -0.230. The van der Waals surface area contributed by atoms with Gasteiger partial charge in [-0.25, -0.2) is 4.98 Å². The lowest BCUT2D eigenvalue weighted by Gasteiger charge is -2.22. The van der Waals surface area contributed by atoms with Crippen LogP contribution < -0.4 is 5.32 Å². The van der Waals surface area contributed by atoms with Crippen LogP contribution >= 0.6 is 34.9 Å². The van der Waals surface area contributed by atoms with Crippen molar-refractivity contribution in [2.75, 3.05) is 23.8 Å². The first-order chi connectivity index (χ1) is 9.33. The van der Waals surface area contributed by atoms with Gasteiger partial charge in [-0.1, -0.05) is 12.1 Å². The fourth-order valence-electron chi connectivity index (χ4n) is 2.13. The van der Waals surface area contributed by atoms with E-state index in [1.54, 1.807) is 11.3 Å². The molecule has 0 radical (unpaired) electrons. The van der Waals surface area contributed by atoms with Crippen molar-refractivity contribution < 1.29 is 0 Å². The van der Waals surface area contributed by atoms with E-state index in [0.717, 1.165) is 17.3 Å². The summed E-state index contributed by atoms with van der Waals surface area (Å²) < 4.78 is 1.29. The van der Waals surface area contributed by atoms with Crippen molar-refractivity contribution in [1.29, 1.82) is 0 Å². The third-order valence-electron chi connectivity index (χ3n) is 3.22. The molecule has 5 heteroatoms. The summed E-state index contributed by atoms with van der Waals surface area (Å²) in [4.78, 5) is 4.72. The fourth-order valence-corrected chi connectivity index (χ4v) is 5.74. The molecule has 1 aromatic heterocycles. The number of thioether (sulfide) groups is 2. The third-order valence-corrected chi connectivity index (χ3v) is 7.28. The molecule has 1 aromatic carbocycles. The molecule has 19 heavy (non-hydrogen) atoms. The molecule has 0 saturated carbocycles. The molecule has 0 spiro atoms. The normalized spacial score (nSPS) is 21.6. The van der Waals surface area contributed by atoms with Gasteiger partial charge in [0.25, 0.3) is 0 Å². The number of thiazole rings is 1. The summed E-state index contributed by atoms with van der Waals surface area (Å²) in [6, 6.07) is 8.73. The van der Waals surface area contributed by atoms with Gasteiger partial charge in [0.1, 0.15) is 5.01 Å². The summed E-state index contributed by atoms with van der Waals surface area (Å²) in [6.07, 6.45) is 0. The summed E-state index contributed by atoms with van der Waals surface area (Å²) in [5.74, 6) is 3.89. The molecule has 2 nitrogen and oxygen atoms in total. The second-order valence-electron chi connectivity index (χ2n) is 4.72. The van der Waals surface area contributed by atoms with Crippen LogP contribution in [0, 0.1) is 0 Å². The van der Waals surface area contributed by atoms with Crippen LogP contribution in [0.25, 0.3) is 10.2 Å². The highest BCUT2D eigenvalue weighted by molar-refractivity contribution is 8.06. The van der Waals surface area contributed by atoms with E-state index >= 15 is 0 Å². The molecule has 0 amide bonds. The SMILES string of the molecule is CC(NCC1CSCCS1)c1nc2ccccc2s1. The molecule has 2 aromatic rings. The van der Waals surface area contributed by atoms with Crippen LogP contribution in [0.4, 0.5) is 0 Å². The molecule has 2 unspecified atom stereocenters. The smallest absolute Gasteiger partial charge is 0.111 e. The van der Waals surface area contributed by atoms with Crippen LogP contribution in [0.2, 0.25) is 0 Å². The maximum absolute atomic E-state index is 4.72. The highest BCUT2D eigenvalue weighted by Crippen LogP contribution is 2.27. The molecule has 2 atom stereocenters. The van der Waals surface area contributed by atoms with E-state index in [1.165, 1.54) is 27.0 Å². The second kappa shape index (κ2) is 6.48. The number of aromatic nitrogens is 1. The lowest BCUT2D eigenvalue weighted by Crippen LogP contribution is -2.30. The Kier molecular flexibility index (Phi) is 4.69.